The minimum absolute atomic E-state index is 0.0000913. The molecule has 3 aromatic carbocycles. The van der Waals surface area contributed by atoms with Crippen molar-refractivity contribution in [2.45, 2.75) is 76.3 Å². The van der Waals surface area contributed by atoms with Crippen LogP contribution in [0.2, 0.25) is 0 Å². The van der Waals surface area contributed by atoms with Gasteiger partial charge in [0, 0.05) is 24.6 Å². The zero-order chi connectivity index (χ0) is 35.0. The molecule has 1 aliphatic carbocycles. The van der Waals surface area contributed by atoms with Crippen LogP contribution in [0.25, 0.3) is 11.1 Å². The molecule has 254 valence electrons. The fourth-order valence-electron chi connectivity index (χ4n) is 6.57. The van der Waals surface area contributed by atoms with Gasteiger partial charge in [0.1, 0.15) is 35.4 Å². The van der Waals surface area contributed by atoms with Crippen molar-refractivity contribution >= 4 is 34.8 Å². The molecule has 1 amide bonds. The van der Waals surface area contributed by atoms with E-state index in [1.165, 1.54) is 4.58 Å². The van der Waals surface area contributed by atoms with Gasteiger partial charge in [-0.2, -0.15) is 13.1 Å². The molecule has 0 aromatic heterocycles. The Kier molecular flexibility index (Phi) is 9.68. The summed E-state index contributed by atoms with van der Waals surface area (Å²) in [5, 5.41) is 12.2. The number of carbonyl (C=O) groups excluding carboxylic acids is 1. The molecule has 11 nitrogen and oxygen atoms in total. The number of alkyl carbamates (subject to hydrolysis) is 1. The number of ether oxygens (including phenoxy) is 2. The number of hydrogen-bond acceptors (Lipinski definition) is 7. The first-order valence-electron chi connectivity index (χ1n) is 15.9. The lowest BCUT2D eigenvalue weighted by Gasteiger charge is -2.18. The molecule has 1 heterocycles. The Morgan fingerprint density at radius 1 is 1.06 bits per heavy atom. The third-order valence-electron chi connectivity index (χ3n) is 8.99. The van der Waals surface area contributed by atoms with Crippen molar-refractivity contribution in [3.05, 3.63) is 81.9 Å². The highest BCUT2D eigenvalue weighted by atomic mass is 32.2. The highest BCUT2D eigenvalue weighted by Gasteiger charge is 2.38. The number of carboxylic acid groups (broad SMARTS) is 1. The molecule has 3 aromatic rings. The van der Waals surface area contributed by atoms with Crippen molar-refractivity contribution in [2.75, 3.05) is 20.2 Å². The summed E-state index contributed by atoms with van der Waals surface area (Å²) in [5.74, 6) is -0.638. The SMILES string of the molecule is C=[N+](C)C(=NCCC[C@H](NC(=O)OCC1c2ccccc2-c2ccccc21)C(=O)O)NS(=O)(=O)c1c(C)c(C)c2c(c1C)CC(C)(C)O2. The second-order valence-corrected chi connectivity index (χ2v) is 14.7. The fraction of sp³-hybridized carbons (Fsp3) is 0.389. The quantitative estimate of drug-likeness (QED) is 0.118. The van der Waals surface area contributed by atoms with E-state index in [1.54, 1.807) is 20.9 Å². The summed E-state index contributed by atoms with van der Waals surface area (Å²) in [6.45, 7) is 13.3. The van der Waals surface area contributed by atoms with Gasteiger partial charge in [-0.15, -0.1) is 4.99 Å². The maximum Gasteiger partial charge on any atom is 0.407 e. The summed E-state index contributed by atoms with van der Waals surface area (Å²) in [4.78, 5) is 29.3. The number of aliphatic imine (C=N–C) groups is 1. The monoisotopic (exact) mass is 675 g/mol. The number of sulfonamides is 1. The zero-order valence-electron chi connectivity index (χ0n) is 28.2. The number of guanidine groups is 1. The predicted molar refractivity (Wildman–Crippen MR) is 184 cm³/mol. The van der Waals surface area contributed by atoms with Gasteiger partial charge in [0.2, 0.25) is 0 Å². The van der Waals surface area contributed by atoms with Crippen LogP contribution in [0, 0.1) is 20.8 Å². The normalized spacial score (nSPS) is 15.5. The smallest absolute Gasteiger partial charge is 0.407 e. The van der Waals surface area contributed by atoms with E-state index in [-0.39, 0.29) is 42.8 Å². The largest absolute Gasteiger partial charge is 0.487 e. The van der Waals surface area contributed by atoms with Gasteiger partial charge < -0.3 is 19.9 Å². The number of amides is 1. The van der Waals surface area contributed by atoms with Crippen LogP contribution >= 0.6 is 0 Å². The number of carbonyl (C=O) groups is 2. The van der Waals surface area contributed by atoms with Crippen LogP contribution in [0.4, 0.5) is 4.79 Å². The molecule has 5 rings (SSSR count). The van der Waals surface area contributed by atoms with Gasteiger partial charge in [-0.1, -0.05) is 48.5 Å². The van der Waals surface area contributed by atoms with Crippen LogP contribution in [0.5, 0.6) is 5.75 Å². The van der Waals surface area contributed by atoms with E-state index >= 15 is 0 Å². The molecular formula is C36H43N4O7S+. The molecule has 0 saturated heterocycles. The Bertz CT molecular complexity index is 1890. The van der Waals surface area contributed by atoms with Gasteiger partial charge >= 0.3 is 28.0 Å². The van der Waals surface area contributed by atoms with Crippen molar-refractivity contribution in [1.29, 1.82) is 0 Å². The number of aliphatic carboxylic acids is 1. The Labute approximate surface area is 281 Å². The summed E-state index contributed by atoms with van der Waals surface area (Å²) in [6, 6.07) is 14.7. The maximum atomic E-state index is 13.7. The summed E-state index contributed by atoms with van der Waals surface area (Å²) in [6.07, 6.45) is 0.0372. The molecule has 3 N–H and O–H groups in total. The predicted octanol–water partition coefficient (Wildman–Crippen LogP) is 5.07. The van der Waals surface area contributed by atoms with Crippen LogP contribution in [0.1, 0.15) is 66.0 Å². The van der Waals surface area contributed by atoms with Crippen molar-refractivity contribution in [3.8, 4) is 16.9 Å². The number of nitrogens with zero attached hydrogens (tertiary/aromatic N) is 2. The molecule has 48 heavy (non-hydrogen) atoms. The highest BCUT2D eigenvalue weighted by molar-refractivity contribution is 7.90. The van der Waals surface area contributed by atoms with Gasteiger partial charge in [-0.3, -0.25) is 0 Å². The van der Waals surface area contributed by atoms with Gasteiger partial charge in [-0.05, 0) is 86.4 Å². The molecule has 0 radical (unpaired) electrons. The lowest BCUT2D eigenvalue weighted by molar-refractivity contribution is -0.364. The van der Waals surface area contributed by atoms with Crippen molar-refractivity contribution in [3.63, 3.8) is 0 Å². The lowest BCUT2D eigenvalue weighted by atomic mass is 9.94. The van der Waals surface area contributed by atoms with E-state index < -0.39 is 33.7 Å². The van der Waals surface area contributed by atoms with Crippen LogP contribution in [-0.2, 0) is 26.0 Å². The Morgan fingerprint density at radius 3 is 2.25 bits per heavy atom. The summed E-state index contributed by atoms with van der Waals surface area (Å²) >= 11 is 0. The molecule has 0 unspecified atom stereocenters. The number of hydrogen-bond donors (Lipinski definition) is 3. The number of rotatable bonds is 10. The van der Waals surface area contributed by atoms with Crippen LogP contribution in [-0.4, -0.2) is 74.7 Å². The van der Waals surface area contributed by atoms with E-state index in [4.69, 9.17) is 9.47 Å². The molecule has 1 atom stereocenters. The van der Waals surface area contributed by atoms with Gasteiger partial charge in [0.25, 0.3) is 0 Å². The number of fused-ring (bicyclic) bond motifs is 4. The Hall–Kier alpha value is -4.71. The first kappa shape index (κ1) is 34.6. The van der Waals surface area contributed by atoms with Gasteiger partial charge in [-0.25, -0.2) is 14.2 Å². The van der Waals surface area contributed by atoms with E-state index in [9.17, 15) is 23.1 Å². The number of carboxylic acids is 1. The molecule has 0 spiro atoms. The molecule has 0 saturated carbocycles. The van der Waals surface area contributed by atoms with Crippen molar-refractivity contribution < 1.29 is 37.2 Å². The summed E-state index contributed by atoms with van der Waals surface area (Å²) < 4.78 is 43.0. The molecule has 12 heteroatoms. The van der Waals surface area contributed by atoms with E-state index in [2.05, 4.69) is 21.7 Å². The van der Waals surface area contributed by atoms with E-state index in [1.807, 2.05) is 69.3 Å². The zero-order valence-corrected chi connectivity index (χ0v) is 29.0. The highest BCUT2D eigenvalue weighted by Crippen LogP contribution is 2.45. The molecule has 0 bridgehead atoms. The van der Waals surface area contributed by atoms with Crippen LogP contribution in [0.3, 0.4) is 0 Å². The standard InChI is InChI=1S/C36H42N4O7S/c1-21-22(2)32(23(3)28-19-36(4,5)47-31(21)28)48(44,45)39-34(40(6)7)37-18-12-17-30(33(41)42)38-35(43)46-20-29-26-15-10-8-13-24(26)25-14-9-11-16-27(25)29/h8-11,13-16,29-30H,6,12,17-20H2,1-5,7H3,(H2-,37,38,39,41,42,43)/p+1/t30-/m0/s1. The topological polar surface area (TPSA) is 146 Å². The summed E-state index contributed by atoms with van der Waals surface area (Å²) in [5.41, 5.74) is 6.70. The lowest BCUT2D eigenvalue weighted by Crippen LogP contribution is -2.41. The average molecular weight is 676 g/mol. The first-order chi connectivity index (χ1) is 22.6. The minimum Gasteiger partial charge on any atom is -0.487 e. The van der Waals surface area contributed by atoms with Crippen molar-refractivity contribution in [1.82, 2.24) is 10.0 Å². The van der Waals surface area contributed by atoms with Gasteiger partial charge in [0.05, 0.1) is 7.05 Å². The van der Waals surface area contributed by atoms with Crippen LogP contribution in [0.15, 0.2) is 58.4 Å². The maximum absolute atomic E-state index is 13.7. The molecule has 1 aliphatic heterocycles. The Balaban J connectivity index is 1.20. The second kappa shape index (κ2) is 13.4. The third kappa shape index (κ3) is 6.94. The Morgan fingerprint density at radius 2 is 1.67 bits per heavy atom. The first-order valence-corrected chi connectivity index (χ1v) is 17.4. The average Bonchev–Trinajstić information content (AvgIpc) is 3.53. The second-order valence-electron chi connectivity index (χ2n) is 13.1. The number of benzene rings is 3. The van der Waals surface area contributed by atoms with Gasteiger partial charge in [0.15, 0.2) is 0 Å². The third-order valence-corrected chi connectivity index (χ3v) is 10.6. The summed E-state index contributed by atoms with van der Waals surface area (Å²) in [7, 11) is -2.51. The van der Waals surface area contributed by atoms with E-state index in [0.717, 1.165) is 39.1 Å². The fourth-order valence-corrected chi connectivity index (χ4v) is 8.22. The molecule has 0 fully saturated rings. The molecule has 2 aliphatic rings. The van der Waals surface area contributed by atoms with Crippen molar-refractivity contribution in [2.24, 2.45) is 4.99 Å². The molecular weight excluding hydrogens is 632 g/mol. The minimum atomic E-state index is -4.07. The van der Waals surface area contributed by atoms with E-state index in [0.29, 0.717) is 17.5 Å². The van der Waals surface area contributed by atoms with Crippen LogP contribution < -0.4 is 14.8 Å². The number of nitrogens with one attached hydrogen (secondary N) is 2.